The number of benzene rings is 2. The summed E-state index contributed by atoms with van der Waals surface area (Å²) < 4.78 is 28.7. The van der Waals surface area contributed by atoms with Gasteiger partial charge in [0.2, 0.25) is 0 Å². The lowest BCUT2D eigenvalue weighted by Crippen LogP contribution is -2.55. The lowest BCUT2D eigenvalue weighted by Gasteiger charge is -2.43. The molecule has 1 N–H and O–H groups in total. The highest BCUT2D eigenvalue weighted by molar-refractivity contribution is 5.83. The van der Waals surface area contributed by atoms with Gasteiger partial charge in [0, 0.05) is 44.8 Å². The van der Waals surface area contributed by atoms with Crippen molar-refractivity contribution in [3.8, 4) is 0 Å². The fourth-order valence-corrected chi connectivity index (χ4v) is 5.56. The van der Waals surface area contributed by atoms with Gasteiger partial charge < -0.3 is 19.8 Å². The van der Waals surface area contributed by atoms with Gasteiger partial charge >= 0.3 is 6.03 Å². The smallest absolute Gasteiger partial charge is 0.321 e. The van der Waals surface area contributed by atoms with Crippen LogP contribution in [0.15, 0.2) is 54.6 Å². The van der Waals surface area contributed by atoms with E-state index in [2.05, 4.69) is 4.90 Å². The third kappa shape index (κ3) is 4.71. The molecule has 0 bridgehead atoms. The van der Waals surface area contributed by atoms with Crippen LogP contribution < -0.4 is 0 Å². The fraction of sp³-hybridized carbons (Fsp3) is 0.464. The first-order chi connectivity index (χ1) is 16.9. The number of urea groups is 1. The molecule has 1 saturated heterocycles. The Morgan fingerprint density at radius 1 is 1.09 bits per heavy atom. The van der Waals surface area contributed by atoms with Gasteiger partial charge in [-0.3, -0.25) is 0 Å². The van der Waals surface area contributed by atoms with Crippen LogP contribution in [-0.2, 0) is 5.54 Å². The van der Waals surface area contributed by atoms with E-state index in [0.29, 0.717) is 5.57 Å². The van der Waals surface area contributed by atoms with E-state index in [9.17, 15) is 18.7 Å². The molecule has 0 spiro atoms. The minimum atomic E-state index is -1.16. The molecule has 35 heavy (non-hydrogen) atoms. The van der Waals surface area contributed by atoms with E-state index in [1.807, 2.05) is 37.4 Å². The van der Waals surface area contributed by atoms with E-state index < -0.39 is 17.2 Å². The quantitative estimate of drug-likeness (QED) is 0.662. The van der Waals surface area contributed by atoms with Crippen molar-refractivity contribution in [2.45, 2.75) is 37.3 Å². The minimum absolute atomic E-state index is 0.0829. The van der Waals surface area contributed by atoms with Crippen molar-refractivity contribution in [2.24, 2.45) is 5.92 Å². The molecule has 0 aromatic heterocycles. The van der Waals surface area contributed by atoms with Crippen molar-refractivity contribution in [3.05, 3.63) is 77.4 Å². The SMILES string of the molecule is CN(C(=O)N1CC(c2cc(F)ccc2F)=CC1(CO)c1ccccc1)C1CCN(CC2CC2)CC1. The summed E-state index contributed by atoms with van der Waals surface area (Å²) >= 11 is 0. The van der Waals surface area contributed by atoms with Crippen LogP contribution in [0.3, 0.4) is 0 Å². The molecule has 3 aliphatic rings. The molecule has 5 rings (SSSR count). The normalized spacial score (nSPS) is 23.4. The van der Waals surface area contributed by atoms with Crippen LogP contribution in [0.4, 0.5) is 13.6 Å². The standard InChI is InChI=1S/C28H33F2N3O2/c1-31(24-11-13-32(14-12-24)17-20-7-8-20)27(35)33-18-21(25-15-23(29)9-10-26(25)30)16-28(33,19-34)22-5-3-2-4-6-22/h2-6,9-10,15-16,20,24,34H,7-8,11-14,17-19H2,1H3. The first kappa shape index (κ1) is 23.9. The largest absolute Gasteiger partial charge is 0.393 e. The summed E-state index contributed by atoms with van der Waals surface area (Å²) in [5.41, 5.74) is 0.175. The molecule has 0 radical (unpaired) electrons. The molecular formula is C28H33F2N3O2. The average Bonchev–Trinajstić information content (AvgIpc) is 3.62. The van der Waals surface area contributed by atoms with Crippen molar-refractivity contribution in [1.29, 1.82) is 0 Å². The van der Waals surface area contributed by atoms with Crippen LogP contribution in [0.1, 0.15) is 36.8 Å². The third-order valence-electron chi connectivity index (χ3n) is 7.86. The number of likely N-dealkylation sites (tertiary alicyclic amines) is 1. The predicted molar refractivity (Wildman–Crippen MR) is 132 cm³/mol. The molecule has 1 atom stereocenters. The van der Waals surface area contributed by atoms with Crippen LogP contribution in [0, 0.1) is 17.6 Å². The first-order valence-electron chi connectivity index (χ1n) is 12.5. The van der Waals surface area contributed by atoms with Gasteiger partial charge in [-0.05, 0) is 67.0 Å². The number of piperidine rings is 1. The number of aliphatic hydroxyl groups excluding tert-OH is 1. The monoisotopic (exact) mass is 481 g/mol. The summed E-state index contributed by atoms with van der Waals surface area (Å²) in [4.78, 5) is 19.8. The van der Waals surface area contributed by atoms with E-state index in [4.69, 9.17) is 0 Å². The molecule has 2 aromatic rings. The van der Waals surface area contributed by atoms with Gasteiger partial charge in [0.15, 0.2) is 0 Å². The Kier molecular flexibility index (Phi) is 6.64. The van der Waals surface area contributed by atoms with Crippen molar-refractivity contribution < 1.29 is 18.7 Å². The molecule has 1 unspecified atom stereocenters. The highest BCUT2D eigenvalue weighted by Gasteiger charge is 2.46. The molecule has 5 nitrogen and oxygen atoms in total. The number of amides is 2. The first-order valence-corrected chi connectivity index (χ1v) is 12.5. The van der Waals surface area contributed by atoms with Gasteiger partial charge in [-0.25, -0.2) is 13.6 Å². The van der Waals surface area contributed by atoms with Gasteiger partial charge in [-0.15, -0.1) is 0 Å². The zero-order valence-corrected chi connectivity index (χ0v) is 20.2. The predicted octanol–water partition coefficient (Wildman–Crippen LogP) is 4.48. The number of hydrogen-bond acceptors (Lipinski definition) is 3. The van der Waals surface area contributed by atoms with E-state index in [1.54, 1.807) is 15.9 Å². The Morgan fingerprint density at radius 3 is 2.46 bits per heavy atom. The highest BCUT2D eigenvalue weighted by atomic mass is 19.1. The summed E-state index contributed by atoms with van der Waals surface area (Å²) in [7, 11) is 1.82. The maximum atomic E-state index is 14.7. The number of nitrogens with zero attached hydrogens (tertiary/aromatic N) is 3. The van der Waals surface area contributed by atoms with Crippen molar-refractivity contribution >= 4 is 11.6 Å². The Morgan fingerprint density at radius 2 is 1.80 bits per heavy atom. The van der Waals surface area contributed by atoms with Crippen molar-refractivity contribution in [2.75, 3.05) is 39.8 Å². The number of rotatable bonds is 6. The summed E-state index contributed by atoms with van der Waals surface area (Å²) in [6.07, 6.45) is 6.19. The van der Waals surface area contributed by atoms with Crippen LogP contribution >= 0.6 is 0 Å². The van der Waals surface area contributed by atoms with Gasteiger partial charge in [-0.2, -0.15) is 0 Å². The molecule has 2 fully saturated rings. The van der Waals surface area contributed by atoms with E-state index in [1.165, 1.54) is 12.8 Å². The highest BCUT2D eigenvalue weighted by Crippen LogP contribution is 2.41. The second kappa shape index (κ2) is 9.70. The Labute approximate surface area is 205 Å². The molecule has 186 valence electrons. The van der Waals surface area contributed by atoms with Crippen LogP contribution in [0.5, 0.6) is 0 Å². The second-order valence-electron chi connectivity index (χ2n) is 10.2. The number of hydrogen-bond donors (Lipinski definition) is 1. The summed E-state index contributed by atoms with van der Waals surface area (Å²) in [6, 6.07) is 12.5. The zero-order valence-electron chi connectivity index (χ0n) is 20.2. The van der Waals surface area contributed by atoms with Crippen molar-refractivity contribution in [1.82, 2.24) is 14.7 Å². The number of carbonyl (C=O) groups excluding carboxylic acids is 1. The Bertz CT molecular complexity index is 1100. The molecule has 2 aromatic carbocycles. The van der Waals surface area contributed by atoms with Crippen LogP contribution in [0.2, 0.25) is 0 Å². The van der Waals surface area contributed by atoms with Crippen molar-refractivity contribution in [3.63, 3.8) is 0 Å². The topological polar surface area (TPSA) is 47.0 Å². The van der Waals surface area contributed by atoms with Gasteiger partial charge in [0.25, 0.3) is 0 Å². The minimum Gasteiger partial charge on any atom is -0.393 e. The lowest BCUT2D eigenvalue weighted by molar-refractivity contribution is 0.0678. The molecule has 1 aliphatic carbocycles. The van der Waals surface area contributed by atoms with Crippen LogP contribution in [0.25, 0.3) is 5.57 Å². The lowest BCUT2D eigenvalue weighted by atomic mass is 9.89. The van der Waals surface area contributed by atoms with Crippen LogP contribution in [-0.4, -0.2) is 71.7 Å². The molecule has 2 heterocycles. The Balaban J connectivity index is 1.42. The summed E-state index contributed by atoms with van der Waals surface area (Å²) in [5.74, 6) is -0.251. The Hall–Kier alpha value is -2.77. The van der Waals surface area contributed by atoms with E-state index in [0.717, 1.165) is 62.2 Å². The summed E-state index contributed by atoms with van der Waals surface area (Å²) in [5, 5.41) is 10.7. The van der Waals surface area contributed by atoms with E-state index >= 15 is 0 Å². The maximum Gasteiger partial charge on any atom is 0.321 e. The molecular weight excluding hydrogens is 448 g/mol. The third-order valence-corrected chi connectivity index (χ3v) is 7.86. The average molecular weight is 482 g/mol. The molecule has 2 aliphatic heterocycles. The number of halogens is 2. The zero-order chi connectivity index (χ0) is 24.6. The summed E-state index contributed by atoms with van der Waals surface area (Å²) in [6.45, 7) is 2.82. The second-order valence-corrected chi connectivity index (χ2v) is 10.2. The molecule has 2 amide bonds. The number of carbonyl (C=O) groups is 1. The van der Waals surface area contributed by atoms with Gasteiger partial charge in [0.1, 0.15) is 17.2 Å². The van der Waals surface area contributed by atoms with Gasteiger partial charge in [-0.1, -0.05) is 30.3 Å². The van der Waals surface area contributed by atoms with E-state index in [-0.39, 0.29) is 30.8 Å². The van der Waals surface area contributed by atoms with Gasteiger partial charge in [0.05, 0.1) is 6.61 Å². The molecule has 7 heteroatoms. The maximum absolute atomic E-state index is 14.7. The molecule has 1 saturated carbocycles. The fourth-order valence-electron chi connectivity index (χ4n) is 5.56. The number of aliphatic hydroxyl groups is 1.